The molecule has 5 heteroatoms. The van der Waals surface area contributed by atoms with Gasteiger partial charge in [-0.3, -0.25) is 0 Å². The summed E-state index contributed by atoms with van der Waals surface area (Å²) in [6, 6.07) is 3.88. The van der Waals surface area contributed by atoms with Gasteiger partial charge in [-0.15, -0.1) is 0 Å². The molecule has 0 N–H and O–H groups in total. The molecule has 0 bridgehead atoms. The maximum absolute atomic E-state index is 13.7. The molecule has 0 radical (unpaired) electrons. The van der Waals surface area contributed by atoms with E-state index in [4.69, 9.17) is 0 Å². The van der Waals surface area contributed by atoms with Gasteiger partial charge in [0.1, 0.15) is 0 Å². The Kier molecular flexibility index (Phi) is 3.99. The van der Waals surface area contributed by atoms with Crippen molar-refractivity contribution in [3.05, 3.63) is 35.1 Å². The second kappa shape index (κ2) is 5.25. The van der Waals surface area contributed by atoms with Crippen molar-refractivity contribution in [2.45, 2.75) is 6.92 Å². The Hall–Kier alpha value is -1.91. The molecule has 0 aliphatic heterocycles. The van der Waals surface area contributed by atoms with Gasteiger partial charge in [0.25, 0.3) is 0 Å². The summed E-state index contributed by atoms with van der Waals surface area (Å²) in [6.45, 7) is 1.75. The first-order chi connectivity index (χ1) is 7.61. The van der Waals surface area contributed by atoms with Crippen LogP contribution in [0.2, 0.25) is 0 Å². The van der Waals surface area contributed by atoms with Crippen LogP contribution >= 0.6 is 0 Å². The van der Waals surface area contributed by atoms with Gasteiger partial charge in [-0.2, -0.15) is 0 Å². The molecule has 0 aliphatic rings. The summed E-state index contributed by atoms with van der Waals surface area (Å²) in [7, 11) is 1.14. The Morgan fingerprint density at radius 3 is 2.31 bits per heavy atom. The van der Waals surface area contributed by atoms with E-state index in [1.165, 1.54) is 18.2 Å². The number of carbonyl (C=O) groups is 2. The fourth-order valence-electron chi connectivity index (χ4n) is 1.17. The van der Waals surface area contributed by atoms with Gasteiger partial charge in [-0.25, -0.2) is 14.0 Å². The van der Waals surface area contributed by atoms with Crippen LogP contribution in [-0.2, 0) is 9.47 Å². The molecule has 4 nitrogen and oxygen atoms in total. The van der Waals surface area contributed by atoms with Crippen LogP contribution in [0.1, 0.15) is 27.6 Å². The van der Waals surface area contributed by atoms with E-state index in [1.807, 2.05) is 0 Å². The summed E-state index contributed by atoms with van der Waals surface area (Å²) in [5, 5.41) is 0. The second-order valence-electron chi connectivity index (χ2n) is 2.88. The molecule has 86 valence electrons. The normalized spacial score (nSPS) is 9.69. The molecule has 1 aromatic carbocycles. The minimum absolute atomic E-state index is 0.140. The predicted octanol–water partition coefficient (Wildman–Crippen LogP) is 1.79. The third-order valence-corrected chi connectivity index (χ3v) is 1.90. The zero-order valence-corrected chi connectivity index (χ0v) is 8.95. The van der Waals surface area contributed by atoms with Gasteiger partial charge in [0, 0.05) is 0 Å². The monoisotopic (exact) mass is 226 g/mol. The summed E-state index contributed by atoms with van der Waals surface area (Å²) < 4.78 is 22.7. The zero-order valence-electron chi connectivity index (χ0n) is 8.95. The van der Waals surface area contributed by atoms with Gasteiger partial charge in [0.2, 0.25) is 0 Å². The minimum Gasteiger partial charge on any atom is -0.465 e. The number of halogens is 1. The summed E-state index contributed by atoms with van der Waals surface area (Å²) in [6.07, 6.45) is 0. The summed E-state index contributed by atoms with van der Waals surface area (Å²) >= 11 is 0. The van der Waals surface area contributed by atoms with Crippen LogP contribution in [0.15, 0.2) is 18.2 Å². The highest BCUT2D eigenvalue weighted by Crippen LogP contribution is 2.15. The molecule has 0 aromatic heterocycles. The fourth-order valence-corrected chi connectivity index (χ4v) is 1.17. The molecule has 0 unspecified atom stereocenters. The summed E-state index contributed by atoms with van der Waals surface area (Å²) in [4.78, 5) is 22.5. The van der Waals surface area contributed by atoms with Crippen LogP contribution in [0.25, 0.3) is 0 Å². The average molecular weight is 226 g/mol. The zero-order chi connectivity index (χ0) is 12.1. The molecule has 0 saturated heterocycles. The molecular formula is C11H11FO4. The molecule has 0 atom stereocenters. The molecule has 0 fully saturated rings. The first-order valence-electron chi connectivity index (χ1n) is 4.65. The highest BCUT2D eigenvalue weighted by molar-refractivity contribution is 5.95. The van der Waals surface area contributed by atoms with Crippen LogP contribution in [0.3, 0.4) is 0 Å². The van der Waals surface area contributed by atoms with Crippen molar-refractivity contribution in [3.8, 4) is 0 Å². The lowest BCUT2D eigenvalue weighted by Gasteiger charge is -2.06. The Labute approximate surface area is 92.0 Å². The number of hydrogen-bond acceptors (Lipinski definition) is 4. The van der Waals surface area contributed by atoms with Crippen molar-refractivity contribution in [2.24, 2.45) is 0 Å². The van der Waals surface area contributed by atoms with Crippen molar-refractivity contribution in [2.75, 3.05) is 13.7 Å². The van der Waals surface area contributed by atoms with Crippen molar-refractivity contribution in [1.29, 1.82) is 0 Å². The number of rotatable bonds is 3. The second-order valence-corrected chi connectivity index (χ2v) is 2.88. The highest BCUT2D eigenvalue weighted by atomic mass is 19.1. The first kappa shape index (κ1) is 12.2. The van der Waals surface area contributed by atoms with Crippen LogP contribution in [0.5, 0.6) is 0 Å². The van der Waals surface area contributed by atoms with E-state index >= 15 is 0 Å². The van der Waals surface area contributed by atoms with Crippen LogP contribution < -0.4 is 0 Å². The number of methoxy groups -OCH3 is 1. The molecule has 1 rings (SSSR count). The van der Waals surface area contributed by atoms with Crippen LogP contribution in [-0.4, -0.2) is 25.7 Å². The number of benzene rings is 1. The number of carbonyl (C=O) groups excluding carboxylic acids is 2. The number of esters is 2. The largest absolute Gasteiger partial charge is 0.465 e. The van der Waals surface area contributed by atoms with Gasteiger partial charge < -0.3 is 9.47 Å². The lowest BCUT2D eigenvalue weighted by atomic mass is 10.1. The maximum Gasteiger partial charge on any atom is 0.341 e. The van der Waals surface area contributed by atoms with Gasteiger partial charge in [-0.1, -0.05) is 6.07 Å². The van der Waals surface area contributed by atoms with Gasteiger partial charge in [0.05, 0.1) is 24.8 Å². The first-order valence-corrected chi connectivity index (χ1v) is 4.65. The fraction of sp³-hybridized carbons (Fsp3) is 0.273. The van der Waals surface area contributed by atoms with Gasteiger partial charge >= 0.3 is 11.9 Å². The Morgan fingerprint density at radius 1 is 1.25 bits per heavy atom. The average Bonchev–Trinajstić information content (AvgIpc) is 2.28. The smallest absolute Gasteiger partial charge is 0.341 e. The SMILES string of the molecule is CCOC(=O)c1cccc(C(=O)OC)c1F. The minimum atomic E-state index is -0.923. The molecule has 0 spiro atoms. The summed E-state index contributed by atoms with van der Waals surface area (Å²) in [5.41, 5.74) is -0.558. The Morgan fingerprint density at radius 2 is 1.81 bits per heavy atom. The molecule has 0 aliphatic carbocycles. The van der Waals surface area contributed by atoms with Crippen molar-refractivity contribution >= 4 is 11.9 Å². The molecule has 0 amide bonds. The van der Waals surface area contributed by atoms with E-state index < -0.39 is 17.8 Å². The number of hydrogen-bond donors (Lipinski definition) is 0. The highest BCUT2D eigenvalue weighted by Gasteiger charge is 2.20. The molecule has 1 aromatic rings. The third-order valence-electron chi connectivity index (χ3n) is 1.90. The molecule has 0 heterocycles. The maximum atomic E-state index is 13.7. The van der Waals surface area contributed by atoms with E-state index in [0.29, 0.717) is 0 Å². The van der Waals surface area contributed by atoms with Gasteiger partial charge in [-0.05, 0) is 19.1 Å². The summed E-state index contributed by atoms with van der Waals surface area (Å²) in [5.74, 6) is -2.55. The Bertz CT molecular complexity index is 414. The van der Waals surface area contributed by atoms with Gasteiger partial charge in [0.15, 0.2) is 5.82 Å². The van der Waals surface area contributed by atoms with E-state index in [1.54, 1.807) is 6.92 Å². The van der Waals surface area contributed by atoms with Crippen molar-refractivity contribution in [1.82, 2.24) is 0 Å². The van der Waals surface area contributed by atoms with E-state index in [0.717, 1.165) is 7.11 Å². The lowest BCUT2D eigenvalue weighted by Crippen LogP contribution is -2.12. The lowest BCUT2D eigenvalue weighted by molar-refractivity contribution is 0.0520. The standard InChI is InChI=1S/C11H11FO4/c1-3-16-11(14)8-6-4-5-7(9(8)12)10(13)15-2/h4-6H,3H2,1-2H3. The predicted molar refractivity (Wildman–Crippen MR) is 53.7 cm³/mol. The molecule has 0 saturated carbocycles. The quantitative estimate of drug-likeness (QED) is 0.737. The van der Waals surface area contributed by atoms with Crippen molar-refractivity contribution in [3.63, 3.8) is 0 Å². The number of ether oxygens (including phenoxy) is 2. The van der Waals surface area contributed by atoms with E-state index in [9.17, 15) is 14.0 Å². The topological polar surface area (TPSA) is 52.6 Å². The van der Waals surface area contributed by atoms with E-state index in [2.05, 4.69) is 9.47 Å². The van der Waals surface area contributed by atoms with Crippen LogP contribution in [0.4, 0.5) is 4.39 Å². The third kappa shape index (κ3) is 2.36. The van der Waals surface area contributed by atoms with Crippen LogP contribution in [0, 0.1) is 5.82 Å². The Balaban J connectivity index is 3.13. The molecular weight excluding hydrogens is 215 g/mol. The molecule has 16 heavy (non-hydrogen) atoms. The van der Waals surface area contributed by atoms with Crippen molar-refractivity contribution < 1.29 is 23.5 Å². The van der Waals surface area contributed by atoms with E-state index in [-0.39, 0.29) is 17.7 Å².